The monoisotopic (exact) mass is 435 g/mol. The molecule has 156 valence electrons. The van der Waals surface area contributed by atoms with E-state index in [1.807, 2.05) is 47.3 Å². The molecule has 1 fully saturated rings. The molecule has 0 N–H and O–H groups in total. The lowest BCUT2D eigenvalue weighted by molar-refractivity contribution is -0.384. The first-order valence-electron chi connectivity index (χ1n) is 9.26. The molecular formula is C22H17N3O5S. The maximum Gasteiger partial charge on any atom is 0.293 e. The summed E-state index contributed by atoms with van der Waals surface area (Å²) in [5.41, 5.74) is 2.32. The number of aromatic nitrogens is 1. The largest absolute Gasteiger partial charge is 0.497 e. The number of rotatable bonds is 6. The summed E-state index contributed by atoms with van der Waals surface area (Å²) in [6, 6.07) is 15.2. The molecule has 1 saturated heterocycles. The van der Waals surface area contributed by atoms with Crippen molar-refractivity contribution >= 4 is 34.7 Å². The van der Waals surface area contributed by atoms with Crippen LogP contribution < -0.4 is 4.74 Å². The number of imide groups is 1. The highest BCUT2D eigenvalue weighted by Gasteiger charge is 2.35. The van der Waals surface area contributed by atoms with Crippen LogP contribution in [0.25, 0.3) is 11.8 Å². The van der Waals surface area contributed by atoms with Crippen LogP contribution in [0.1, 0.15) is 11.1 Å². The van der Waals surface area contributed by atoms with Gasteiger partial charge in [0.15, 0.2) is 0 Å². The second-order valence-electron chi connectivity index (χ2n) is 6.74. The SMILES string of the molecule is COc1ccc(-n2ccc(/C=C3/SC(=O)N(Cc4ccc([N+](=O)[O-])cc4)C3=O)c2)cc1. The van der Waals surface area contributed by atoms with Gasteiger partial charge >= 0.3 is 0 Å². The molecular weight excluding hydrogens is 418 g/mol. The number of nitro benzene ring substituents is 1. The van der Waals surface area contributed by atoms with Crippen LogP contribution in [0.2, 0.25) is 0 Å². The Morgan fingerprint density at radius 2 is 1.77 bits per heavy atom. The summed E-state index contributed by atoms with van der Waals surface area (Å²) in [7, 11) is 1.61. The molecule has 0 aliphatic carbocycles. The van der Waals surface area contributed by atoms with Crippen LogP contribution in [0, 0.1) is 10.1 Å². The molecule has 2 aromatic carbocycles. The molecule has 2 heterocycles. The summed E-state index contributed by atoms with van der Waals surface area (Å²) >= 11 is 0.878. The molecule has 0 radical (unpaired) electrons. The lowest BCUT2D eigenvalue weighted by atomic mass is 10.2. The van der Waals surface area contributed by atoms with Crippen LogP contribution in [-0.4, -0.2) is 32.6 Å². The Hall–Kier alpha value is -3.85. The summed E-state index contributed by atoms with van der Waals surface area (Å²) in [6.45, 7) is 0.0624. The van der Waals surface area contributed by atoms with Gasteiger partial charge in [0, 0.05) is 30.2 Å². The first-order chi connectivity index (χ1) is 14.9. The van der Waals surface area contributed by atoms with Gasteiger partial charge in [-0.1, -0.05) is 12.1 Å². The predicted octanol–water partition coefficient (Wildman–Crippen LogP) is 4.63. The molecule has 0 atom stereocenters. The molecule has 1 aliphatic rings. The Kier molecular flexibility index (Phi) is 5.59. The molecule has 0 spiro atoms. The molecule has 1 aromatic heterocycles. The van der Waals surface area contributed by atoms with Gasteiger partial charge in [-0.2, -0.15) is 0 Å². The summed E-state index contributed by atoms with van der Waals surface area (Å²) in [4.78, 5) is 36.8. The number of nitrogens with zero attached hydrogens (tertiary/aromatic N) is 3. The van der Waals surface area contributed by atoms with E-state index in [4.69, 9.17) is 4.74 Å². The summed E-state index contributed by atoms with van der Waals surface area (Å²) in [5, 5.41) is 10.4. The standard InChI is InChI=1S/C22H17N3O5S/c1-30-19-8-6-17(7-9-19)23-11-10-16(13-23)12-20-21(26)24(22(27)31-20)14-15-2-4-18(5-3-15)25(28)29/h2-13H,14H2,1H3/b20-12+. The minimum absolute atomic E-state index is 0.0424. The highest BCUT2D eigenvalue weighted by molar-refractivity contribution is 8.18. The first-order valence-corrected chi connectivity index (χ1v) is 10.1. The lowest BCUT2D eigenvalue weighted by Crippen LogP contribution is -2.27. The van der Waals surface area contributed by atoms with Gasteiger partial charge < -0.3 is 9.30 Å². The molecule has 0 bridgehead atoms. The number of hydrogen-bond acceptors (Lipinski definition) is 6. The Morgan fingerprint density at radius 3 is 2.42 bits per heavy atom. The maximum absolute atomic E-state index is 12.7. The number of benzene rings is 2. The minimum Gasteiger partial charge on any atom is -0.497 e. The molecule has 2 amide bonds. The second-order valence-corrected chi connectivity index (χ2v) is 7.73. The first kappa shape index (κ1) is 20.4. The maximum atomic E-state index is 12.7. The third kappa shape index (κ3) is 4.36. The topological polar surface area (TPSA) is 94.7 Å². The number of carbonyl (C=O) groups is 2. The van der Waals surface area contributed by atoms with Crippen LogP contribution in [0.15, 0.2) is 71.9 Å². The van der Waals surface area contributed by atoms with E-state index in [0.29, 0.717) is 10.5 Å². The summed E-state index contributed by atoms with van der Waals surface area (Å²) in [5.74, 6) is 0.378. The number of non-ortho nitro benzene ring substituents is 1. The van der Waals surface area contributed by atoms with E-state index < -0.39 is 4.92 Å². The molecule has 0 unspecified atom stereocenters. The Labute approximate surface area is 181 Å². The van der Waals surface area contributed by atoms with Crippen molar-refractivity contribution < 1.29 is 19.2 Å². The van der Waals surface area contributed by atoms with Gasteiger partial charge in [-0.15, -0.1) is 0 Å². The smallest absolute Gasteiger partial charge is 0.293 e. The van der Waals surface area contributed by atoms with Crippen LogP contribution >= 0.6 is 11.8 Å². The Balaban J connectivity index is 1.49. The van der Waals surface area contributed by atoms with Gasteiger partial charge in [0.25, 0.3) is 16.8 Å². The van der Waals surface area contributed by atoms with E-state index in [1.165, 1.54) is 12.1 Å². The Morgan fingerprint density at radius 1 is 1.06 bits per heavy atom. The number of amides is 2. The van der Waals surface area contributed by atoms with Crippen molar-refractivity contribution in [2.24, 2.45) is 0 Å². The number of hydrogen-bond donors (Lipinski definition) is 0. The van der Waals surface area contributed by atoms with E-state index in [0.717, 1.165) is 33.7 Å². The number of methoxy groups -OCH3 is 1. The van der Waals surface area contributed by atoms with E-state index in [-0.39, 0.29) is 23.4 Å². The highest BCUT2D eigenvalue weighted by Crippen LogP contribution is 2.33. The summed E-state index contributed by atoms with van der Waals surface area (Å²) < 4.78 is 7.07. The van der Waals surface area contributed by atoms with Crippen LogP contribution in [0.4, 0.5) is 10.5 Å². The number of ether oxygens (including phenoxy) is 1. The number of carbonyl (C=O) groups excluding carboxylic acids is 2. The fraction of sp³-hybridized carbons (Fsp3) is 0.0909. The zero-order chi connectivity index (χ0) is 22.0. The average Bonchev–Trinajstić information content (AvgIpc) is 3.34. The molecule has 1 aliphatic heterocycles. The highest BCUT2D eigenvalue weighted by atomic mass is 32.2. The fourth-order valence-corrected chi connectivity index (χ4v) is 3.94. The lowest BCUT2D eigenvalue weighted by Gasteiger charge is -2.12. The van der Waals surface area contributed by atoms with Crippen molar-refractivity contribution in [2.45, 2.75) is 6.54 Å². The number of nitro groups is 1. The van der Waals surface area contributed by atoms with E-state index in [9.17, 15) is 19.7 Å². The van der Waals surface area contributed by atoms with Crippen molar-refractivity contribution in [1.82, 2.24) is 9.47 Å². The molecule has 31 heavy (non-hydrogen) atoms. The van der Waals surface area contributed by atoms with Crippen LogP contribution in [-0.2, 0) is 11.3 Å². The van der Waals surface area contributed by atoms with Crippen molar-refractivity contribution in [3.05, 3.63) is 93.1 Å². The van der Waals surface area contributed by atoms with E-state index >= 15 is 0 Å². The molecule has 9 heteroatoms. The Bertz CT molecular complexity index is 1180. The summed E-state index contributed by atoms with van der Waals surface area (Å²) in [6.07, 6.45) is 5.42. The van der Waals surface area contributed by atoms with Crippen LogP contribution in [0.3, 0.4) is 0 Å². The fourth-order valence-electron chi connectivity index (χ4n) is 3.11. The van der Waals surface area contributed by atoms with Gasteiger partial charge in [-0.25, -0.2) is 0 Å². The van der Waals surface area contributed by atoms with Crippen molar-refractivity contribution in [2.75, 3.05) is 7.11 Å². The van der Waals surface area contributed by atoms with Gasteiger partial charge in [0.1, 0.15) is 5.75 Å². The van der Waals surface area contributed by atoms with E-state index in [1.54, 1.807) is 25.3 Å². The quantitative estimate of drug-likeness (QED) is 0.318. The van der Waals surface area contributed by atoms with Gasteiger partial charge in [0.05, 0.1) is 23.5 Å². The number of thioether (sulfide) groups is 1. The van der Waals surface area contributed by atoms with Gasteiger partial charge in [-0.05, 0) is 59.3 Å². The third-order valence-electron chi connectivity index (χ3n) is 4.75. The predicted molar refractivity (Wildman–Crippen MR) is 117 cm³/mol. The zero-order valence-corrected chi connectivity index (χ0v) is 17.2. The molecule has 3 aromatic rings. The molecule has 8 nitrogen and oxygen atoms in total. The normalized spacial score (nSPS) is 15.0. The second kappa shape index (κ2) is 8.49. The molecule has 4 rings (SSSR count). The average molecular weight is 435 g/mol. The van der Waals surface area contributed by atoms with Gasteiger partial charge in [-0.3, -0.25) is 24.6 Å². The minimum atomic E-state index is -0.495. The van der Waals surface area contributed by atoms with Gasteiger partial charge in [0.2, 0.25) is 0 Å². The molecule has 0 saturated carbocycles. The third-order valence-corrected chi connectivity index (χ3v) is 5.65. The van der Waals surface area contributed by atoms with Crippen molar-refractivity contribution in [3.63, 3.8) is 0 Å². The van der Waals surface area contributed by atoms with Crippen LogP contribution in [0.5, 0.6) is 5.75 Å². The zero-order valence-electron chi connectivity index (χ0n) is 16.4. The van der Waals surface area contributed by atoms with Crippen molar-refractivity contribution in [3.8, 4) is 11.4 Å². The van der Waals surface area contributed by atoms with E-state index in [2.05, 4.69) is 0 Å². The van der Waals surface area contributed by atoms with Crippen molar-refractivity contribution in [1.29, 1.82) is 0 Å².